The molecule has 3 N–H and O–H groups in total. The number of alkyl halides is 3. The number of hydrogen-bond donors (Lipinski definition) is 2. The molecule has 0 radical (unpaired) electrons. The molecule has 172 valence electrons. The first-order valence-corrected chi connectivity index (χ1v) is 10.3. The minimum Gasteiger partial charge on any atom is -0.406 e. The lowest BCUT2D eigenvalue weighted by Gasteiger charge is -2.09. The summed E-state index contributed by atoms with van der Waals surface area (Å²) in [5, 5.41) is 4.29. The summed E-state index contributed by atoms with van der Waals surface area (Å²) in [4.78, 5) is 20.6. The van der Waals surface area contributed by atoms with Crippen molar-refractivity contribution < 1.29 is 22.7 Å². The number of aryl methyl sites for hydroxylation is 1. The number of fused-ring (bicyclic) bond motifs is 1. The summed E-state index contributed by atoms with van der Waals surface area (Å²) in [6.07, 6.45) is 0.600. The van der Waals surface area contributed by atoms with E-state index in [1.807, 2.05) is 31.2 Å². The zero-order chi connectivity index (χ0) is 24.0. The van der Waals surface area contributed by atoms with Gasteiger partial charge in [-0.1, -0.05) is 18.2 Å². The number of nitrogen functional groups attached to an aromatic ring is 1. The largest absolute Gasteiger partial charge is 0.573 e. The number of hydrogen-bond acceptors (Lipinski definition) is 5. The zero-order valence-electron chi connectivity index (χ0n) is 17.8. The summed E-state index contributed by atoms with van der Waals surface area (Å²) in [6, 6.07) is 11.0. The van der Waals surface area contributed by atoms with Gasteiger partial charge in [-0.05, 0) is 60.9 Å². The molecule has 0 saturated carbocycles. The van der Waals surface area contributed by atoms with E-state index in [4.69, 9.17) is 5.73 Å². The van der Waals surface area contributed by atoms with E-state index < -0.39 is 6.36 Å². The van der Waals surface area contributed by atoms with Crippen LogP contribution in [-0.2, 0) is 0 Å². The molecule has 2 aromatic carbocycles. The molecule has 0 saturated heterocycles. The summed E-state index contributed by atoms with van der Waals surface area (Å²) in [6.45, 7) is 1.86. The Bertz CT molecular complexity index is 1480. The van der Waals surface area contributed by atoms with Crippen molar-refractivity contribution in [2.24, 2.45) is 0 Å². The van der Waals surface area contributed by atoms with Gasteiger partial charge in [-0.15, -0.1) is 13.2 Å². The second-order valence-corrected chi connectivity index (χ2v) is 7.81. The number of nitrogens with one attached hydrogen (secondary N) is 1. The van der Waals surface area contributed by atoms with Crippen molar-refractivity contribution in [2.45, 2.75) is 19.7 Å². The Balaban J connectivity index is 1.36. The molecule has 1 aliphatic carbocycles. The summed E-state index contributed by atoms with van der Waals surface area (Å²) < 4.78 is 42.5. The number of Topliss-reactive ketones (excluding diaryl/α,β-unsaturated/α-hetero) is 1. The van der Waals surface area contributed by atoms with Crippen LogP contribution in [0, 0.1) is 6.92 Å². The number of aromatic nitrogens is 4. The molecule has 0 aliphatic heterocycles. The summed E-state index contributed by atoms with van der Waals surface area (Å²) in [5.74, 6) is 0.434. The van der Waals surface area contributed by atoms with Gasteiger partial charge in [0.25, 0.3) is 0 Å². The monoisotopic (exact) mass is 465 g/mol. The molecule has 0 bridgehead atoms. The highest BCUT2D eigenvalue weighted by molar-refractivity contribution is 6.13. The third-order valence-electron chi connectivity index (χ3n) is 5.46. The number of anilines is 1. The van der Waals surface area contributed by atoms with Crippen molar-refractivity contribution in [3.05, 3.63) is 83.3 Å². The molecule has 2 heterocycles. The van der Waals surface area contributed by atoms with Crippen molar-refractivity contribution >= 4 is 28.2 Å². The zero-order valence-corrected chi connectivity index (χ0v) is 17.8. The molecule has 0 atom stereocenters. The van der Waals surface area contributed by atoms with Crippen LogP contribution in [0.15, 0.2) is 66.4 Å². The molecule has 0 amide bonds. The van der Waals surface area contributed by atoms with Crippen LogP contribution in [0.1, 0.15) is 28.2 Å². The predicted molar refractivity (Wildman–Crippen MR) is 120 cm³/mol. The van der Waals surface area contributed by atoms with Crippen molar-refractivity contribution in [3.63, 3.8) is 0 Å². The van der Waals surface area contributed by atoms with Crippen LogP contribution >= 0.6 is 0 Å². The minimum atomic E-state index is -4.75. The molecule has 7 nitrogen and oxygen atoms in total. The third-order valence-corrected chi connectivity index (χ3v) is 5.46. The first-order valence-electron chi connectivity index (χ1n) is 10.3. The lowest BCUT2D eigenvalue weighted by atomic mass is 10.0. The van der Waals surface area contributed by atoms with Crippen LogP contribution in [0.3, 0.4) is 0 Å². The number of rotatable bonds is 5. The average molecular weight is 465 g/mol. The van der Waals surface area contributed by atoms with E-state index in [1.54, 1.807) is 6.08 Å². The molecule has 0 spiro atoms. The van der Waals surface area contributed by atoms with Gasteiger partial charge in [0.1, 0.15) is 17.4 Å². The molecule has 10 heteroatoms. The van der Waals surface area contributed by atoms with Crippen LogP contribution < -0.4 is 10.5 Å². The van der Waals surface area contributed by atoms with Crippen molar-refractivity contribution in [3.8, 4) is 11.4 Å². The van der Waals surface area contributed by atoms with Crippen LogP contribution in [0.2, 0.25) is 0 Å². The number of ketones is 1. The third kappa shape index (κ3) is 4.05. The maximum absolute atomic E-state index is 13.1. The van der Waals surface area contributed by atoms with E-state index in [0.717, 1.165) is 22.4 Å². The fourth-order valence-electron chi connectivity index (χ4n) is 3.90. The highest BCUT2D eigenvalue weighted by atomic mass is 19.4. The number of nitrogens with two attached hydrogens (primary N) is 1. The second kappa shape index (κ2) is 7.91. The van der Waals surface area contributed by atoms with E-state index in [2.05, 4.69) is 19.8 Å². The fourth-order valence-corrected chi connectivity index (χ4v) is 3.90. The van der Waals surface area contributed by atoms with Gasteiger partial charge in [0.05, 0.1) is 28.5 Å². The van der Waals surface area contributed by atoms with Crippen LogP contribution in [-0.4, -0.2) is 31.9 Å². The molecule has 34 heavy (non-hydrogen) atoms. The van der Waals surface area contributed by atoms with Crippen molar-refractivity contribution in [1.82, 2.24) is 19.7 Å². The fraction of sp³-hybridized carbons (Fsp3) is 0.125. The normalized spacial score (nSPS) is 13.8. The molecule has 1 aliphatic rings. The molecule has 0 fully saturated rings. The first kappa shape index (κ1) is 21.5. The topological polar surface area (TPSA) is 98.8 Å². The number of allylic oxidation sites excluding steroid dienone is 4. The van der Waals surface area contributed by atoms with Gasteiger partial charge in [-0.3, -0.25) is 4.79 Å². The van der Waals surface area contributed by atoms with Gasteiger partial charge in [0, 0.05) is 5.57 Å². The Morgan fingerprint density at radius 3 is 2.68 bits per heavy atom. The Morgan fingerprint density at radius 2 is 1.94 bits per heavy atom. The van der Waals surface area contributed by atoms with Gasteiger partial charge < -0.3 is 15.5 Å². The van der Waals surface area contributed by atoms with Gasteiger partial charge >= 0.3 is 6.36 Å². The second-order valence-electron chi connectivity index (χ2n) is 7.81. The smallest absolute Gasteiger partial charge is 0.406 e. The lowest BCUT2D eigenvalue weighted by Crippen LogP contribution is -2.16. The Kier molecular flexibility index (Phi) is 5.00. The highest BCUT2D eigenvalue weighted by Crippen LogP contribution is 2.32. The number of nitrogens with zero attached hydrogens (tertiary/aromatic N) is 3. The predicted octanol–water partition coefficient (Wildman–Crippen LogP) is 5.13. The summed E-state index contributed by atoms with van der Waals surface area (Å²) in [7, 11) is 0. The quantitative estimate of drug-likeness (QED) is 0.398. The SMILES string of the molecule is Cc1nc2ccc(-n3ncc(C(=O)C4=CC(c5ccc(OC(F)(F)F)cc5)=CC4)c3N)cc2[nH]1. The molecule has 4 aromatic rings. The maximum atomic E-state index is 13.1. The highest BCUT2D eigenvalue weighted by Gasteiger charge is 2.31. The van der Waals surface area contributed by atoms with Crippen LogP contribution in [0.25, 0.3) is 22.3 Å². The molecule has 2 aromatic heterocycles. The first-order chi connectivity index (χ1) is 16.2. The van der Waals surface area contributed by atoms with Gasteiger partial charge in [-0.25, -0.2) is 9.67 Å². The number of carbonyl (C=O) groups is 1. The van der Waals surface area contributed by atoms with Crippen molar-refractivity contribution in [1.29, 1.82) is 0 Å². The molecule has 5 rings (SSSR count). The minimum absolute atomic E-state index is 0.212. The van der Waals surface area contributed by atoms with Gasteiger partial charge in [0.2, 0.25) is 0 Å². The van der Waals surface area contributed by atoms with E-state index in [1.165, 1.54) is 35.1 Å². The van der Waals surface area contributed by atoms with Crippen LogP contribution in [0.5, 0.6) is 5.75 Å². The maximum Gasteiger partial charge on any atom is 0.573 e. The average Bonchev–Trinajstić information content (AvgIpc) is 3.50. The number of ether oxygens (including phenoxy) is 1. The number of halogens is 3. The number of carbonyl (C=O) groups excluding carboxylic acids is 1. The van der Waals surface area contributed by atoms with E-state index >= 15 is 0 Å². The Labute approximate surface area is 191 Å². The standard InChI is InChI=1S/C24H18F3N5O2/c1-13-30-20-9-6-17(11-21(20)31-13)32-23(28)19(12-29-32)22(33)16-3-2-15(10-16)14-4-7-18(8-5-14)34-24(25,26)27/h2,4-12H,3,28H2,1H3,(H,30,31). The number of imidazole rings is 1. The van der Waals surface area contributed by atoms with Gasteiger partial charge in [-0.2, -0.15) is 5.10 Å². The molecule has 0 unspecified atom stereocenters. The van der Waals surface area contributed by atoms with E-state index in [0.29, 0.717) is 23.2 Å². The Hall–Kier alpha value is -4.34. The summed E-state index contributed by atoms with van der Waals surface area (Å²) in [5.41, 5.74) is 10.8. The van der Waals surface area contributed by atoms with Gasteiger partial charge in [0.15, 0.2) is 5.78 Å². The summed E-state index contributed by atoms with van der Waals surface area (Å²) >= 11 is 0. The van der Waals surface area contributed by atoms with E-state index in [-0.39, 0.29) is 22.9 Å². The number of H-pyrrole nitrogens is 1. The van der Waals surface area contributed by atoms with E-state index in [9.17, 15) is 18.0 Å². The van der Waals surface area contributed by atoms with Crippen molar-refractivity contribution in [2.75, 3.05) is 5.73 Å². The lowest BCUT2D eigenvalue weighted by molar-refractivity contribution is -0.274. The van der Waals surface area contributed by atoms with Crippen LogP contribution in [0.4, 0.5) is 19.0 Å². The molecular formula is C24H18F3N5O2. The molecular weight excluding hydrogens is 447 g/mol. The Morgan fingerprint density at radius 1 is 1.18 bits per heavy atom. The number of aromatic amines is 1. The number of benzene rings is 2.